The van der Waals surface area contributed by atoms with E-state index < -0.39 is 0 Å². The first-order valence-electron chi connectivity index (χ1n) is 5.18. The van der Waals surface area contributed by atoms with Gasteiger partial charge in [-0.3, -0.25) is 9.78 Å². The second-order valence-electron chi connectivity index (χ2n) is 3.60. The van der Waals surface area contributed by atoms with Gasteiger partial charge in [-0.25, -0.2) is 0 Å². The Kier molecular flexibility index (Phi) is 3.88. The topological polar surface area (TPSA) is 42.0 Å². The molecule has 0 spiro atoms. The Balaban J connectivity index is 1.98. The number of nitrogens with one attached hydrogen (secondary N) is 1. The molecule has 17 heavy (non-hydrogen) atoms. The van der Waals surface area contributed by atoms with Gasteiger partial charge in [-0.2, -0.15) is 0 Å². The molecule has 1 aromatic carbocycles. The Bertz CT molecular complexity index is 514. The molecule has 0 fully saturated rings. The van der Waals surface area contributed by atoms with Crippen molar-refractivity contribution in [3.05, 3.63) is 58.8 Å². The Morgan fingerprint density at radius 2 is 2.18 bits per heavy atom. The van der Waals surface area contributed by atoms with E-state index in [4.69, 9.17) is 0 Å². The maximum atomic E-state index is 11.7. The van der Waals surface area contributed by atoms with Crippen LogP contribution in [0.3, 0.4) is 0 Å². The monoisotopic (exact) mass is 290 g/mol. The molecule has 0 radical (unpaired) electrons. The largest absolute Gasteiger partial charge is 0.326 e. The first-order chi connectivity index (χ1) is 8.24. The fourth-order valence-corrected chi connectivity index (χ4v) is 1.86. The third kappa shape index (κ3) is 3.67. The van der Waals surface area contributed by atoms with E-state index in [0.29, 0.717) is 6.42 Å². The molecule has 0 saturated heterocycles. The number of aromatic nitrogens is 1. The fourth-order valence-electron chi connectivity index (χ4n) is 1.46. The molecule has 1 amide bonds. The van der Waals surface area contributed by atoms with Crippen molar-refractivity contribution >= 4 is 27.5 Å². The highest BCUT2D eigenvalue weighted by molar-refractivity contribution is 9.10. The van der Waals surface area contributed by atoms with E-state index in [1.54, 1.807) is 12.4 Å². The van der Waals surface area contributed by atoms with Crippen LogP contribution in [0.15, 0.2) is 53.3 Å². The molecule has 86 valence electrons. The molecule has 3 nitrogen and oxygen atoms in total. The maximum absolute atomic E-state index is 11.7. The lowest BCUT2D eigenvalue weighted by Gasteiger charge is -2.05. The van der Waals surface area contributed by atoms with Gasteiger partial charge in [-0.05, 0) is 29.8 Å². The van der Waals surface area contributed by atoms with Crippen molar-refractivity contribution < 1.29 is 4.79 Å². The van der Waals surface area contributed by atoms with Crippen LogP contribution >= 0.6 is 15.9 Å². The Hall–Kier alpha value is -1.68. The Morgan fingerprint density at radius 3 is 2.88 bits per heavy atom. The summed E-state index contributed by atoms with van der Waals surface area (Å²) in [7, 11) is 0. The number of rotatable bonds is 3. The number of amides is 1. The van der Waals surface area contributed by atoms with Gasteiger partial charge in [0.1, 0.15) is 0 Å². The number of carbonyl (C=O) groups excluding carboxylic acids is 1. The molecule has 0 aliphatic rings. The van der Waals surface area contributed by atoms with Crippen molar-refractivity contribution in [2.24, 2.45) is 0 Å². The molecule has 0 aliphatic carbocycles. The number of carbonyl (C=O) groups is 1. The first kappa shape index (κ1) is 11.8. The third-order valence-corrected chi connectivity index (χ3v) is 2.69. The molecular formula is C13H11BrN2O. The van der Waals surface area contributed by atoms with E-state index in [2.05, 4.69) is 26.2 Å². The summed E-state index contributed by atoms with van der Waals surface area (Å²) >= 11 is 3.36. The van der Waals surface area contributed by atoms with Crippen LogP contribution < -0.4 is 5.32 Å². The summed E-state index contributed by atoms with van der Waals surface area (Å²) in [4.78, 5) is 15.7. The van der Waals surface area contributed by atoms with Crippen molar-refractivity contribution in [1.29, 1.82) is 0 Å². The molecule has 0 atom stereocenters. The van der Waals surface area contributed by atoms with Gasteiger partial charge in [0.25, 0.3) is 0 Å². The summed E-state index contributed by atoms with van der Waals surface area (Å²) in [5, 5.41) is 2.83. The number of pyridine rings is 1. The number of halogens is 1. The number of anilines is 1. The van der Waals surface area contributed by atoms with Crippen molar-refractivity contribution in [3.63, 3.8) is 0 Å². The Morgan fingerprint density at radius 1 is 1.29 bits per heavy atom. The van der Waals surface area contributed by atoms with Crippen molar-refractivity contribution in [2.75, 3.05) is 5.32 Å². The lowest BCUT2D eigenvalue weighted by Crippen LogP contribution is -2.14. The van der Waals surface area contributed by atoms with E-state index in [0.717, 1.165) is 15.7 Å². The summed E-state index contributed by atoms with van der Waals surface area (Å²) in [5.74, 6) is -0.0453. The average molecular weight is 291 g/mol. The van der Waals surface area contributed by atoms with E-state index in [-0.39, 0.29) is 5.91 Å². The van der Waals surface area contributed by atoms with Crippen LogP contribution in [0, 0.1) is 0 Å². The van der Waals surface area contributed by atoms with Gasteiger partial charge in [0, 0.05) is 22.6 Å². The number of hydrogen-bond acceptors (Lipinski definition) is 2. The van der Waals surface area contributed by atoms with E-state index >= 15 is 0 Å². The zero-order valence-corrected chi connectivity index (χ0v) is 10.6. The summed E-state index contributed by atoms with van der Waals surface area (Å²) < 4.78 is 0.941. The van der Waals surface area contributed by atoms with Crippen LogP contribution in [-0.2, 0) is 11.2 Å². The quantitative estimate of drug-likeness (QED) is 0.944. The molecule has 0 saturated carbocycles. The van der Waals surface area contributed by atoms with Crippen LogP contribution in [0.5, 0.6) is 0 Å². The van der Waals surface area contributed by atoms with Gasteiger partial charge >= 0.3 is 0 Å². The lowest BCUT2D eigenvalue weighted by molar-refractivity contribution is -0.115. The van der Waals surface area contributed by atoms with Gasteiger partial charge < -0.3 is 5.32 Å². The zero-order chi connectivity index (χ0) is 12.1. The summed E-state index contributed by atoms with van der Waals surface area (Å²) in [6.07, 6.45) is 3.72. The second kappa shape index (κ2) is 5.59. The van der Waals surface area contributed by atoms with E-state index in [1.165, 1.54) is 0 Å². The van der Waals surface area contributed by atoms with Gasteiger partial charge in [-0.1, -0.05) is 28.1 Å². The van der Waals surface area contributed by atoms with Crippen LogP contribution in [0.4, 0.5) is 5.69 Å². The zero-order valence-electron chi connectivity index (χ0n) is 9.06. The van der Waals surface area contributed by atoms with Crippen LogP contribution in [0.2, 0.25) is 0 Å². The first-order valence-corrected chi connectivity index (χ1v) is 5.97. The highest BCUT2D eigenvalue weighted by atomic mass is 79.9. The molecule has 0 aliphatic heterocycles. The van der Waals surface area contributed by atoms with Crippen molar-refractivity contribution in [3.8, 4) is 0 Å². The molecule has 1 N–H and O–H groups in total. The van der Waals surface area contributed by atoms with Gasteiger partial charge in [-0.15, -0.1) is 0 Å². The van der Waals surface area contributed by atoms with E-state index in [9.17, 15) is 4.79 Å². The van der Waals surface area contributed by atoms with E-state index in [1.807, 2.05) is 36.4 Å². The molecule has 2 rings (SSSR count). The molecule has 0 unspecified atom stereocenters. The second-order valence-corrected chi connectivity index (χ2v) is 4.51. The third-order valence-electron chi connectivity index (χ3n) is 2.20. The number of benzene rings is 1. The number of hydrogen-bond donors (Lipinski definition) is 1. The van der Waals surface area contributed by atoms with Crippen LogP contribution in [-0.4, -0.2) is 10.9 Å². The van der Waals surface area contributed by atoms with Crippen molar-refractivity contribution in [2.45, 2.75) is 6.42 Å². The SMILES string of the molecule is O=C(Cc1cccnc1)Nc1cccc(Br)c1. The van der Waals surface area contributed by atoms with Gasteiger partial charge in [0.05, 0.1) is 6.42 Å². The molecule has 0 bridgehead atoms. The summed E-state index contributed by atoms with van der Waals surface area (Å²) in [5.41, 5.74) is 1.69. The van der Waals surface area contributed by atoms with Crippen LogP contribution in [0.25, 0.3) is 0 Å². The minimum atomic E-state index is -0.0453. The predicted octanol–water partition coefficient (Wildman–Crippen LogP) is 3.03. The smallest absolute Gasteiger partial charge is 0.228 e. The standard InChI is InChI=1S/C13H11BrN2O/c14-11-4-1-5-12(8-11)16-13(17)7-10-3-2-6-15-9-10/h1-6,8-9H,7H2,(H,16,17). The molecule has 1 heterocycles. The normalized spacial score (nSPS) is 9.94. The number of nitrogens with zero attached hydrogens (tertiary/aromatic N) is 1. The lowest BCUT2D eigenvalue weighted by atomic mass is 10.2. The average Bonchev–Trinajstić information content (AvgIpc) is 2.30. The fraction of sp³-hybridized carbons (Fsp3) is 0.0769. The van der Waals surface area contributed by atoms with Gasteiger partial charge in [0.15, 0.2) is 0 Å². The molecule has 4 heteroatoms. The minimum absolute atomic E-state index is 0.0453. The summed E-state index contributed by atoms with van der Waals surface area (Å²) in [6, 6.07) is 11.2. The maximum Gasteiger partial charge on any atom is 0.228 e. The van der Waals surface area contributed by atoms with Crippen molar-refractivity contribution in [1.82, 2.24) is 4.98 Å². The van der Waals surface area contributed by atoms with Crippen LogP contribution in [0.1, 0.15) is 5.56 Å². The highest BCUT2D eigenvalue weighted by Gasteiger charge is 2.03. The molecule has 2 aromatic rings. The minimum Gasteiger partial charge on any atom is -0.326 e. The highest BCUT2D eigenvalue weighted by Crippen LogP contribution is 2.15. The van der Waals surface area contributed by atoms with Gasteiger partial charge in [0.2, 0.25) is 5.91 Å². The summed E-state index contributed by atoms with van der Waals surface area (Å²) in [6.45, 7) is 0. The Labute approximate surface area is 108 Å². The predicted molar refractivity (Wildman–Crippen MR) is 70.7 cm³/mol. The molecule has 1 aromatic heterocycles. The molecular weight excluding hydrogens is 280 g/mol.